The number of pyridine rings is 1. The van der Waals surface area contributed by atoms with Crippen molar-refractivity contribution in [3.63, 3.8) is 0 Å². The maximum Gasteiger partial charge on any atom is 0.246 e. The number of carbonyl (C=O) groups is 1. The van der Waals surface area contributed by atoms with Gasteiger partial charge in [0.15, 0.2) is 0 Å². The molecule has 0 spiro atoms. The predicted molar refractivity (Wildman–Crippen MR) is 55.0 cm³/mol. The summed E-state index contributed by atoms with van der Waals surface area (Å²) in [4.78, 5) is 14.4. The Labute approximate surface area is 95.1 Å². The minimum Gasteiger partial charge on any atom is -0.321 e. The van der Waals surface area contributed by atoms with Crippen LogP contribution in [-0.2, 0) is 11.3 Å². The Kier molecular flexibility index (Phi) is 3.08. The van der Waals surface area contributed by atoms with Crippen LogP contribution in [0.5, 0.6) is 0 Å². The van der Waals surface area contributed by atoms with Gasteiger partial charge in [-0.05, 0) is 18.2 Å². The fourth-order valence-electron chi connectivity index (χ4n) is 1.24. The van der Waals surface area contributed by atoms with Crippen LogP contribution in [0.1, 0.15) is 0 Å². The minimum absolute atomic E-state index is 0.0518. The van der Waals surface area contributed by atoms with E-state index in [2.05, 4.69) is 15.4 Å². The number of rotatable bonds is 3. The van der Waals surface area contributed by atoms with E-state index in [0.29, 0.717) is 0 Å². The van der Waals surface area contributed by atoms with Gasteiger partial charge in [-0.1, -0.05) is 0 Å². The highest BCUT2D eigenvalue weighted by atomic mass is 19.1. The number of carbonyl (C=O) groups excluding carboxylic acids is 1. The molecule has 1 N–H and O–H groups in total. The number of halogens is 2. The molecule has 0 saturated carbocycles. The number of hydrogen-bond donors (Lipinski definition) is 1. The summed E-state index contributed by atoms with van der Waals surface area (Å²) in [6.07, 6.45) is 3.12. The lowest BCUT2D eigenvalue weighted by molar-refractivity contribution is -0.116. The molecule has 1 amide bonds. The number of anilines is 1. The molecular formula is C10H8F2N4O. The number of aromatic nitrogens is 3. The van der Waals surface area contributed by atoms with Gasteiger partial charge < -0.3 is 5.32 Å². The molecule has 2 heterocycles. The molecule has 0 aliphatic heterocycles. The molecular weight excluding hydrogens is 230 g/mol. The maximum absolute atomic E-state index is 13.1. The van der Waals surface area contributed by atoms with Crippen LogP contribution in [0, 0.1) is 11.9 Å². The van der Waals surface area contributed by atoms with Crippen LogP contribution in [0.3, 0.4) is 0 Å². The van der Waals surface area contributed by atoms with E-state index < -0.39 is 17.8 Å². The zero-order valence-electron chi connectivity index (χ0n) is 8.60. The third-order valence-electron chi connectivity index (χ3n) is 1.95. The molecule has 88 valence electrons. The molecule has 2 rings (SSSR count). The van der Waals surface area contributed by atoms with Gasteiger partial charge in [0, 0.05) is 12.4 Å². The lowest BCUT2D eigenvalue weighted by Crippen LogP contribution is -2.20. The van der Waals surface area contributed by atoms with Crippen molar-refractivity contribution >= 4 is 11.6 Å². The van der Waals surface area contributed by atoms with Gasteiger partial charge in [-0.2, -0.15) is 18.9 Å². The second kappa shape index (κ2) is 4.69. The summed E-state index contributed by atoms with van der Waals surface area (Å²) in [7, 11) is 0. The van der Waals surface area contributed by atoms with Crippen LogP contribution in [0.15, 0.2) is 30.6 Å². The molecule has 0 radical (unpaired) electrons. The SMILES string of the molecule is O=C(Cn1cccn1)Nc1ccc(F)nc1F. The van der Waals surface area contributed by atoms with Crippen molar-refractivity contribution in [3.05, 3.63) is 42.5 Å². The van der Waals surface area contributed by atoms with E-state index in [-0.39, 0.29) is 12.2 Å². The molecule has 0 aromatic carbocycles. The van der Waals surface area contributed by atoms with Crippen molar-refractivity contribution in [2.24, 2.45) is 0 Å². The molecule has 0 saturated heterocycles. The van der Waals surface area contributed by atoms with Crippen molar-refractivity contribution in [2.45, 2.75) is 6.54 Å². The van der Waals surface area contributed by atoms with Crippen molar-refractivity contribution < 1.29 is 13.6 Å². The Morgan fingerprint density at radius 2 is 2.24 bits per heavy atom. The highest BCUT2D eigenvalue weighted by Gasteiger charge is 2.09. The second-order valence-corrected chi connectivity index (χ2v) is 3.22. The van der Waals surface area contributed by atoms with Gasteiger partial charge in [-0.15, -0.1) is 0 Å². The van der Waals surface area contributed by atoms with Gasteiger partial charge in [-0.3, -0.25) is 9.48 Å². The predicted octanol–water partition coefficient (Wildman–Crippen LogP) is 1.20. The highest BCUT2D eigenvalue weighted by molar-refractivity contribution is 5.90. The first-order valence-corrected chi connectivity index (χ1v) is 4.74. The maximum atomic E-state index is 13.1. The first kappa shape index (κ1) is 11.2. The third-order valence-corrected chi connectivity index (χ3v) is 1.95. The average molecular weight is 238 g/mol. The monoisotopic (exact) mass is 238 g/mol. The number of hydrogen-bond acceptors (Lipinski definition) is 3. The zero-order valence-corrected chi connectivity index (χ0v) is 8.60. The van der Waals surface area contributed by atoms with E-state index >= 15 is 0 Å². The van der Waals surface area contributed by atoms with E-state index in [9.17, 15) is 13.6 Å². The largest absolute Gasteiger partial charge is 0.321 e. The van der Waals surface area contributed by atoms with Crippen molar-refractivity contribution in [3.8, 4) is 0 Å². The van der Waals surface area contributed by atoms with Gasteiger partial charge >= 0.3 is 0 Å². The van der Waals surface area contributed by atoms with Gasteiger partial charge in [0.25, 0.3) is 0 Å². The van der Waals surface area contributed by atoms with Crippen LogP contribution in [0.2, 0.25) is 0 Å². The number of nitrogens with one attached hydrogen (secondary N) is 1. The standard InChI is InChI=1S/C10H8F2N4O/c11-8-3-2-7(10(12)15-8)14-9(17)6-16-5-1-4-13-16/h1-5H,6H2,(H,14,17). The molecule has 0 bridgehead atoms. The fraction of sp³-hybridized carbons (Fsp3) is 0.100. The van der Waals surface area contributed by atoms with Crippen LogP contribution >= 0.6 is 0 Å². The molecule has 5 nitrogen and oxygen atoms in total. The van der Waals surface area contributed by atoms with Crippen molar-refractivity contribution in [1.29, 1.82) is 0 Å². The summed E-state index contributed by atoms with van der Waals surface area (Å²) in [6, 6.07) is 3.73. The van der Waals surface area contributed by atoms with E-state index in [1.807, 2.05) is 0 Å². The van der Waals surface area contributed by atoms with Gasteiger partial charge in [0.1, 0.15) is 6.54 Å². The normalized spacial score (nSPS) is 10.2. The first-order chi connectivity index (χ1) is 8.15. The summed E-state index contributed by atoms with van der Waals surface area (Å²) in [5.74, 6) is -2.47. The Morgan fingerprint density at radius 3 is 2.88 bits per heavy atom. The Bertz CT molecular complexity index is 527. The first-order valence-electron chi connectivity index (χ1n) is 4.74. The average Bonchev–Trinajstić information content (AvgIpc) is 2.75. The quantitative estimate of drug-likeness (QED) is 0.817. The molecule has 0 aliphatic carbocycles. The molecule has 2 aromatic rings. The second-order valence-electron chi connectivity index (χ2n) is 3.22. The summed E-state index contributed by atoms with van der Waals surface area (Å²) in [6.45, 7) is -0.0518. The third kappa shape index (κ3) is 2.83. The molecule has 2 aromatic heterocycles. The number of nitrogens with zero attached hydrogens (tertiary/aromatic N) is 3. The lowest BCUT2D eigenvalue weighted by Gasteiger charge is -2.05. The van der Waals surface area contributed by atoms with Crippen molar-refractivity contribution in [1.82, 2.24) is 14.8 Å². The van der Waals surface area contributed by atoms with Crippen LogP contribution < -0.4 is 5.32 Å². The van der Waals surface area contributed by atoms with Gasteiger partial charge in [0.05, 0.1) is 5.69 Å². The van der Waals surface area contributed by atoms with E-state index in [0.717, 1.165) is 12.1 Å². The fourth-order valence-corrected chi connectivity index (χ4v) is 1.24. The Hall–Kier alpha value is -2.31. The Balaban J connectivity index is 2.03. The summed E-state index contributed by atoms with van der Waals surface area (Å²) in [5.41, 5.74) is -0.163. The van der Waals surface area contributed by atoms with E-state index in [1.165, 1.54) is 10.9 Å². The van der Waals surface area contributed by atoms with E-state index in [4.69, 9.17) is 0 Å². The lowest BCUT2D eigenvalue weighted by atomic mass is 10.4. The number of amides is 1. The minimum atomic E-state index is -1.06. The summed E-state index contributed by atoms with van der Waals surface area (Å²) < 4.78 is 27.0. The van der Waals surface area contributed by atoms with Crippen LogP contribution in [-0.4, -0.2) is 20.7 Å². The smallest absolute Gasteiger partial charge is 0.246 e. The Morgan fingerprint density at radius 1 is 1.41 bits per heavy atom. The van der Waals surface area contributed by atoms with Gasteiger partial charge in [-0.25, -0.2) is 0 Å². The molecule has 0 aliphatic rings. The van der Waals surface area contributed by atoms with Crippen LogP contribution in [0.4, 0.5) is 14.5 Å². The molecule has 0 atom stereocenters. The highest BCUT2D eigenvalue weighted by Crippen LogP contribution is 2.11. The summed E-state index contributed by atoms with van der Waals surface area (Å²) >= 11 is 0. The molecule has 17 heavy (non-hydrogen) atoms. The van der Waals surface area contributed by atoms with Gasteiger partial charge in [0.2, 0.25) is 17.8 Å². The molecule has 0 fully saturated rings. The summed E-state index contributed by atoms with van der Waals surface area (Å²) in [5, 5.41) is 6.09. The molecule has 0 unspecified atom stereocenters. The zero-order chi connectivity index (χ0) is 12.3. The van der Waals surface area contributed by atoms with Crippen LogP contribution in [0.25, 0.3) is 0 Å². The van der Waals surface area contributed by atoms with Crippen molar-refractivity contribution in [2.75, 3.05) is 5.32 Å². The van der Waals surface area contributed by atoms with E-state index in [1.54, 1.807) is 12.3 Å². The topological polar surface area (TPSA) is 59.8 Å². The molecule has 7 heteroatoms.